The minimum atomic E-state index is -0.261. The number of aromatic nitrogens is 2. The molecule has 7 heteroatoms. The van der Waals surface area contributed by atoms with Crippen molar-refractivity contribution in [1.82, 2.24) is 15.1 Å². The molecule has 1 aliphatic heterocycles. The van der Waals surface area contributed by atoms with E-state index in [2.05, 4.69) is 63.8 Å². The quantitative estimate of drug-likeness (QED) is 0.421. The largest absolute Gasteiger partial charge is 0.351 e. The van der Waals surface area contributed by atoms with E-state index in [-0.39, 0.29) is 17.2 Å². The van der Waals surface area contributed by atoms with Crippen molar-refractivity contribution >= 4 is 39.8 Å². The first-order chi connectivity index (χ1) is 16.2. The SMILES string of the molecule is CCn1nc(C(=O)NCCCN2c3ccccc3Sc3ccccc32)c2ccccc2c1=O. The summed E-state index contributed by atoms with van der Waals surface area (Å²) >= 11 is 1.79. The minimum Gasteiger partial charge on any atom is -0.351 e. The number of carbonyl (C=O) groups is 1. The predicted octanol–water partition coefficient (Wildman–Crippen LogP) is 4.84. The molecule has 166 valence electrons. The average molecular weight is 457 g/mol. The lowest BCUT2D eigenvalue weighted by atomic mass is 10.1. The fourth-order valence-corrected chi connectivity index (χ4v) is 5.26. The van der Waals surface area contributed by atoms with Crippen LogP contribution in [0.3, 0.4) is 0 Å². The van der Waals surface area contributed by atoms with Gasteiger partial charge in [0.2, 0.25) is 0 Å². The second-order valence-corrected chi connectivity index (χ2v) is 8.90. The molecule has 0 spiro atoms. The summed E-state index contributed by atoms with van der Waals surface area (Å²) in [4.78, 5) is 30.3. The molecule has 0 atom stereocenters. The number of fused-ring (bicyclic) bond motifs is 3. The number of hydrogen-bond donors (Lipinski definition) is 1. The summed E-state index contributed by atoms with van der Waals surface area (Å²) in [6, 6.07) is 23.9. The maximum absolute atomic E-state index is 13.0. The third kappa shape index (κ3) is 4.00. The van der Waals surface area contributed by atoms with Crippen LogP contribution in [0.1, 0.15) is 23.8 Å². The lowest BCUT2D eigenvalue weighted by Crippen LogP contribution is -2.32. The number of hydrogen-bond acceptors (Lipinski definition) is 5. The molecule has 0 fully saturated rings. The van der Waals surface area contributed by atoms with E-state index in [4.69, 9.17) is 0 Å². The molecule has 1 amide bonds. The van der Waals surface area contributed by atoms with Crippen molar-refractivity contribution in [3.8, 4) is 0 Å². The highest BCUT2D eigenvalue weighted by Gasteiger charge is 2.22. The smallest absolute Gasteiger partial charge is 0.274 e. The predicted molar refractivity (Wildman–Crippen MR) is 133 cm³/mol. The van der Waals surface area contributed by atoms with Gasteiger partial charge in [0.05, 0.1) is 16.8 Å². The topological polar surface area (TPSA) is 67.2 Å². The number of benzene rings is 3. The molecule has 0 unspecified atom stereocenters. The molecule has 1 aliphatic rings. The van der Waals surface area contributed by atoms with Gasteiger partial charge in [-0.2, -0.15) is 5.10 Å². The van der Waals surface area contributed by atoms with Gasteiger partial charge in [-0.3, -0.25) is 9.59 Å². The van der Waals surface area contributed by atoms with Crippen molar-refractivity contribution < 1.29 is 4.79 Å². The van der Waals surface area contributed by atoms with Gasteiger partial charge in [-0.15, -0.1) is 0 Å². The van der Waals surface area contributed by atoms with Crippen LogP contribution in [0, 0.1) is 0 Å². The Hall–Kier alpha value is -3.58. The number of nitrogens with zero attached hydrogens (tertiary/aromatic N) is 3. The zero-order valence-electron chi connectivity index (χ0n) is 18.3. The highest BCUT2D eigenvalue weighted by Crippen LogP contribution is 2.47. The first-order valence-corrected chi connectivity index (χ1v) is 11.9. The zero-order valence-corrected chi connectivity index (χ0v) is 19.1. The van der Waals surface area contributed by atoms with E-state index < -0.39 is 0 Å². The highest BCUT2D eigenvalue weighted by molar-refractivity contribution is 7.99. The van der Waals surface area contributed by atoms with E-state index in [0.717, 1.165) is 13.0 Å². The van der Waals surface area contributed by atoms with Crippen LogP contribution in [0.4, 0.5) is 11.4 Å². The Balaban J connectivity index is 1.32. The zero-order chi connectivity index (χ0) is 22.8. The Morgan fingerprint density at radius 3 is 2.18 bits per heavy atom. The molecule has 0 radical (unpaired) electrons. The lowest BCUT2D eigenvalue weighted by Gasteiger charge is -2.32. The van der Waals surface area contributed by atoms with E-state index in [1.54, 1.807) is 30.0 Å². The van der Waals surface area contributed by atoms with E-state index in [1.807, 2.05) is 13.0 Å². The number of rotatable bonds is 6. The summed E-state index contributed by atoms with van der Waals surface area (Å²) < 4.78 is 1.34. The second kappa shape index (κ2) is 9.11. The fraction of sp³-hybridized carbons (Fsp3) is 0.192. The Morgan fingerprint density at radius 2 is 1.52 bits per heavy atom. The summed E-state index contributed by atoms with van der Waals surface area (Å²) in [5.41, 5.74) is 2.49. The second-order valence-electron chi connectivity index (χ2n) is 7.81. The third-order valence-electron chi connectivity index (χ3n) is 5.76. The summed E-state index contributed by atoms with van der Waals surface area (Å²) in [6.07, 6.45) is 0.768. The van der Waals surface area contributed by atoms with Crippen molar-refractivity contribution in [3.05, 3.63) is 88.8 Å². The van der Waals surface area contributed by atoms with Crippen molar-refractivity contribution in [2.24, 2.45) is 0 Å². The highest BCUT2D eigenvalue weighted by atomic mass is 32.2. The number of anilines is 2. The number of aryl methyl sites for hydroxylation is 1. The average Bonchev–Trinajstić information content (AvgIpc) is 2.86. The first kappa shape index (κ1) is 21.3. The van der Waals surface area contributed by atoms with Gasteiger partial charge < -0.3 is 10.2 Å². The van der Waals surface area contributed by atoms with Gasteiger partial charge in [0.1, 0.15) is 0 Å². The molecule has 1 aromatic heterocycles. The van der Waals surface area contributed by atoms with Gasteiger partial charge in [0, 0.05) is 34.8 Å². The molecule has 2 heterocycles. The molecule has 0 bridgehead atoms. The van der Waals surface area contributed by atoms with Crippen molar-refractivity contribution in [3.63, 3.8) is 0 Å². The standard InChI is InChI=1S/C26H24N4O2S/c1-2-30-26(32)19-11-4-3-10-18(19)24(28-30)25(31)27-16-9-17-29-20-12-5-7-14-22(20)33-23-15-8-6-13-21(23)29/h3-8,10-15H,2,9,16-17H2,1H3,(H,27,31). The van der Waals surface area contributed by atoms with Crippen LogP contribution in [0.2, 0.25) is 0 Å². The summed E-state index contributed by atoms with van der Waals surface area (Å²) in [6.45, 7) is 3.54. The molecule has 6 nitrogen and oxygen atoms in total. The Morgan fingerprint density at radius 1 is 0.909 bits per heavy atom. The van der Waals surface area contributed by atoms with Gasteiger partial charge in [0.15, 0.2) is 5.69 Å². The van der Waals surface area contributed by atoms with Gasteiger partial charge in [-0.05, 0) is 43.7 Å². The molecule has 0 saturated carbocycles. The monoisotopic (exact) mass is 456 g/mol. The molecule has 1 N–H and O–H groups in total. The van der Waals surface area contributed by atoms with Crippen molar-refractivity contribution in [2.75, 3.05) is 18.0 Å². The molecule has 5 rings (SSSR count). The minimum absolute atomic E-state index is 0.176. The van der Waals surface area contributed by atoms with Crippen LogP contribution in [0.25, 0.3) is 10.8 Å². The molecular formula is C26H24N4O2S. The molecule has 0 aliphatic carbocycles. The first-order valence-electron chi connectivity index (χ1n) is 11.1. The van der Waals surface area contributed by atoms with Gasteiger partial charge in [-0.25, -0.2) is 4.68 Å². The Labute approximate surface area is 196 Å². The van der Waals surface area contributed by atoms with Gasteiger partial charge in [-0.1, -0.05) is 54.2 Å². The molecule has 0 saturated heterocycles. The number of nitrogens with one attached hydrogen (secondary N) is 1. The van der Waals surface area contributed by atoms with Crippen LogP contribution < -0.4 is 15.8 Å². The van der Waals surface area contributed by atoms with Crippen LogP contribution in [0.5, 0.6) is 0 Å². The molecule has 33 heavy (non-hydrogen) atoms. The number of amides is 1. The van der Waals surface area contributed by atoms with E-state index >= 15 is 0 Å². The van der Waals surface area contributed by atoms with Crippen LogP contribution in [-0.2, 0) is 6.54 Å². The maximum Gasteiger partial charge on any atom is 0.274 e. The molecule has 3 aromatic carbocycles. The third-order valence-corrected chi connectivity index (χ3v) is 6.89. The number of carbonyl (C=O) groups excluding carboxylic acids is 1. The van der Waals surface area contributed by atoms with Crippen LogP contribution in [0.15, 0.2) is 87.4 Å². The normalized spacial score (nSPS) is 12.3. The number of para-hydroxylation sites is 2. The van der Waals surface area contributed by atoms with Crippen LogP contribution in [-0.4, -0.2) is 28.8 Å². The van der Waals surface area contributed by atoms with E-state index in [0.29, 0.717) is 23.9 Å². The van der Waals surface area contributed by atoms with Gasteiger partial charge in [0.25, 0.3) is 11.5 Å². The summed E-state index contributed by atoms with van der Waals surface area (Å²) in [5.74, 6) is -0.261. The van der Waals surface area contributed by atoms with E-state index in [1.165, 1.54) is 25.8 Å². The van der Waals surface area contributed by atoms with Crippen molar-refractivity contribution in [1.29, 1.82) is 0 Å². The van der Waals surface area contributed by atoms with Crippen molar-refractivity contribution in [2.45, 2.75) is 29.7 Å². The van der Waals surface area contributed by atoms with E-state index in [9.17, 15) is 9.59 Å². The van der Waals surface area contributed by atoms with Gasteiger partial charge >= 0.3 is 0 Å². The molecule has 4 aromatic rings. The molecular weight excluding hydrogens is 432 g/mol. The maximum atomic E-state index is 13.0. The Kier molecular flexibility index (Phi) is 5.88. The van der Waals surface area contributed by atoms with Crippen LogP contribution >= 0.6 is 11.8 Å². The summed E-state index contributed by atoms with van der Waals surface area (Å²) in [5, 5.41) is 8.42. The summed E-state index contributed by atoms with van der Waals surface area (Å²) in [7, 11) is 0. The fourth-order valence-electron chi connectivity index (χ4n) is 4.16. The Bertz CT molecular complexity index is 1350. The lowest BCUT2D eigenvalue weighted by molar-refractivity contribution is 0.0948.